The van der Waals surface area contributed by atoms with Crippen LogP contribution >= 0.6 is 11.6 Å². The molecule has 0 aliphatic carbocycles. The summed E-state index contributed by atoms with van der Waals surface area (Å²) in [6.45, 7) is 2.14. The molecule has 0 radical (unpaired) electrons. The minimum absolute atomic E-state index is 0.573. The molecule has 5 heteroatoms. The standard InChI is InChI=1S/C14H17ClN2O2/c15-13-10-12(17-8-2-1-3-9-17)6-4-11(13)5-7-14(18)16-19/h4-7,10,19H,1-3,8-9H2,(H,16,18)/b7-5+. The third-order valence-electron chi connectivity index (χ3n) is 3.23. The van der Waals surface area contributed by atoms with Crippen LogP contribution in [0.2, 0.25) is 5.02 Å². The second-order valence-corrected chi connectivity index (χ2v) is 4.97. The average molecular weight is 281 g/mol. The van der Waals surface area contributed by atoms with E-state index < -0.39 is 5.91 Å². The molecule has 1 fully saturated rings. The smallest absolute Gasteiger partial charge is 0.267 e. The largest absolute Gasteiger partial charge is 0.371 e. The molecular weight excluding hydrogens is 264 g/mol. The molecule has 1 heterocycles. The maximum absolute atomic E-state index is 10.9. The van der Waals surface area contributed by atoms with Gasteiger partial charge in [0.1, 0.15) is 0 Å². The number of hydrogen-bond acceptors (Lipinski definition) is 3. The molecule has 0 bridgehead atoms. The number of halogens is 1. The van der Waals surface area contributed by atoms with Gasteiger partial charge in [-0.3, -0.25) is 10.0 Å². The van der Waals surface area contributed by atoms with E-state index in [4.69, 9.17) is 16.8 Å². The Morgan fingerprint density at radius 1 is 1.32 bits per heavy atom. The third-order valence-corrected chi connectivity index (χ3v) is 3.56. The summed E-state index contributed by atoms with van der Waals surface area (Å²) in [4.78, 5) is 13.2. The van der Waals surface area contributed by atoms with Gasteiger partial charge in [-0.05, 0) is 43.0 Å². The van der Waals surface area contributed by atoms with E-state index >= 15 is 0 Å². The van der Waals surface area contributed by atoms with Gasteiger partial charge in [0.2, 0.25) is 0 Å². The first-order valence-corrected chi connectivity index (χ1v) is 6.75. The topological polar surface area (TPSA) is 52.6 Å². The summed E-state index contributed by atoms with van der Waals surface area (Å²) in [7, 11) is 0. The lowest BCUT2D eigenvalue weighted by atomic mass is 10.1. The van der Waals surface area contributed by atoms with Crippen LogP contribution in [0, 0.1) is 0 Å². The predicted octanol–water partition coefficient (Wildman–Crippen LogP) is 2.85. The number of rotatable bonds is 3. The van der Waals surface area contributed by atoms with Crippen molar-refractivity contribution in [3.63, 3.8) is 0 Å². The Balaban J connectivity index is 2.12. The van der Waals surface area contributed by atoms with Crippen LogP contribution in [0.3, 0.4) is 0 Å². The van der Waals surface area contributed by atoms with Gasteiger partial charge >= 0.3 is 0 Å². The molecule has 1 aliphatic rings. The molecule has 0 aromatic heterocycles. The van der Waals surface area contributed by atoms with Crippen molar-refractivity contribution in [1.82, 2.24) is 5.48 Å². The van der Waals surface area contributed by atoms with Crippen molar-refractivity contribution in [1.29, 1.82) is 0 Å². The highest BCUT2D eigenvalue weighted by molar-refractivity contribution is 6.32. The highest BCUT2D eigenvalue weighted by Crippen LogP contribution is 2.26. The lowest BCUT2D eigenvalue weighted by Gasteiger charge is -2.29. The zero-order valence-corrected chi connectivity index (χ0v) is 11.4. The minimum Gasteiger partial charge on any atom is -0.371 e. The second kappa shape index (κ2) is 6.59. The monoisotopic (exact) mass is 280 g/mol. The van der Waals surface area contributed by atoms with Crippen LogP contribution in [0.1, 0.15) is 24.8 Å². The highest BCUT2D eigenvalue weighted by Gasteiger charge is 2.11. The van der Waals surface area contributed by atoms with Crippen molar-refractivity contribution in [3.8, 4) is 0 Å². The van der Waals surface area contributed by atoms with Crippen LogP contribution in [0.15, 0.2) is 24.3 Å². The predicted molar refractivity (Wildman–Crippen MR) is 76.5 cm³/mol. The number of nitrogens with zero attached hydrogens (tertiary/aromatic N) is 1. The molecule has 0 atom stereocenters. The van der Waals surface area contributed by atoms with Gasteiger partial charge in [0.25, 0.3) is 5.91 Å². The Bertz CT molecular complexity index is 482. The third kappa shape index (κ3) is 3.72. The van der Waals surface area contributed by atoms with Crippen LogP contribution < -0.4 is 10.4 Å². The molecule has 0 unspecified atom stereocenters. The molecule has 1 aromatic carbocycles. The van der Waals surface area contributed by atoms with Crippen molar-refractivity contribution in [2.24, 2.45) is 0 Å². The molecule has 1 aliphatic heterocycles. The van der Waals surface area contributed by atoms with Crippen molar-refractivity contribution in [2.75, 3.05) is 18.0 Å². The van der Waals surface area contributed by atoms with E-state index in [1.807, 2.05) is 18.2 Å². The Labute approximate surface area is 117 Å². The number of hydrogen-bond donors (Lipinski definition) is 2. The Hall–Kier alpha value is -1.52. The highest BCUT2D eigenvalue weighted by atomic mass is 35.5. The number of piperidine rings is 1. The van der Waals surface area contributed by atoms with Gasteiger partial charge in [0.15, 0.2) is 0 Å². The van der Waals surface area contributed by atoms with Crippen LogP contribution in [0.4, 0.5) is 5.69 Å². The summed E-state index contributed by atoms with van der Waals surface area (Å²) in [6, 6.07) is 5.81. The summed E-state index contributed by atoms with van der Waals surface area (Å²) in [5.41, 5.74) is 3.42. The lowest BCUT2D eigenvalue weighted by Crippen LogP contribution is -2.29. The fraction of sp³-hybridized carbons (Fsp3) is 0.357. The maximum atomic E-state index is 10.9. The van der Waals surface area contributed by atoms with E-state index in [9.17, 15) is 4.79 Å². The molecule has 2 N–H and O–H groups in total. The Morgan fingerprint density at radius 2 is 2.05 bits per heavy atom. The molecule has 0 saturated carbocycles. The molecule has 19 heavy (non-hydrogen) atoms. The number of carbonyl (C=O) groups is 1. The number of carbonyl (C=O) groups excluding carboxylic acids is 1. The van der Waals surface area contributed by atoms with Gasteiger partial charge < -0.3 is 4.90 Å². The minimum atomic E-state index is -0.573. The molecular formula is C14H17ClN2O2. The lowest BCUT2D eigenvalue weighted by molar-refractivity contribution is -0.124. The van der Waals surface area contributed by atoms with E-state index in [-0.39, 0.29) is 0 Å². The van der Waals surface area contributed by atoms with Crippen LogP contribution in [-0.4, -0.2) is 24.2 Å². The van der Waals surface area contributed by atoms with Gasteiger partial charge in [-0.2, -0.15) is 0 Å². The van der Waals surface area contributed by atoms with Crippen LogP contribution in [0.25, 0.3) is 6.08 Å². The van der Waals surface area contributed by atoms with Crippen LogP contribution in [-0.2, 0) is 4.79 Å². The molecule has 1 saturated heterocycles. The van der Waals surface area contributed by atoms with Crippen LogP contribution in [0.5, 0.6) is 0 Å². The van der Waals surface area contributed by atoms with Crippen molar-refractivity contribution in [2.45, 2.75) is 19.3 Å². The van der Waals surface area contributed by atoms with E-state index in [0.29, 0.717) is 5.02 Å². The number of hydroxylamine groups is 1. The number of amides is 1. The first kappa shape index (κ1) is 13.9. The van der Waals surface area contributed by atoms with E-state index in [2.05, 4.69) is 4.90 Å². The quantitative estimate of drug-likeness (QED) is 0.508. The Morgan fingerprint density at radius 3 is 2.68 bits per heavy atom. The van der Waals surface area contributed by atoms with Crippen molar-refractivity contribution in [3.05, 3.63) is 34.9 Å². The SMILES string of the molecule is O=C(/C=C/c1ccc(N2CCCCC2)cc1Cl)NO. The zero-order valence-electron chi connectivity index (χ0n) is 10.6. The first-order chi connectivity index (χ1) is 9.20. The van der Waals surface area contributed by atoms with Gasteiger partial charge in [0.05, 0.1) is 0 Å². The molecule has 1 amide bonds. The van der Waals surface area contributed by atoms with Gasteiger partial charge in [-0.25, -0.2) is 5.48 Å². The van der Waals surface area contributed by atoms with E-state index in [0.717, 1.165) is 24.3 Å². The Kier molecular flexibility index (Phi) is 4.82. The normalized spacial score (nSPS) is 15.8. The maximum Gasteiger partial charge on any atom is 0.267 e. The average Bonchev–Trinajstić information content (AvgIpc) is 2.46. The van der Waals surface area contributed by atoms with Gasteiger partial charge in [-0.1, -0.05) is 17.7 Å². The summed E-state index contributed by atoms with van der Waals surface area (Å²) in [6.07, 6.45) is 6.54. The van der Waals surface area contributed by atoms with Gasteiger partial charge in [-0.15, -0.1) is 0 Å². The number of benzene rings is 1. The molecule has 1 aromatic rings. The molecule has 0 spiro atoms. The molecule has 102 valence electrons. The zero-order chi connectivity index (χ0) is 13.7. The molecule has 2 rings (SSSR count). The summed E-state index contributed by atoms with van der Waals surface area (Å²) < 4.78 is 0. The first-order valence-electron chi connectivity index (χ1n) is 6.37. The van der Waals surface area contributed by atoms with Gasteiger partial charge in [0, 0.05) is 29.9 Å². The summed E-state index contributed by atoms with van der Waals surface area (Å²) in [5.74, 6) is -0.573. The van der Waals surface area contributed by atoms with E-state index in [1.165, 1.54) is 25.3 Å². The number of nitrogens with one attached hydrogen (secondary N) is 1. The van der Waals surface area contributed by atoms with E-state index in [1.54, 1.807) is 11.6 Å². The second-order valence-electron chi connectivity index (χ2n) is 4.56. The number of anilines is 1. The molecule has 4 nitrogen and oxygen atoms in total. The van der Waals surface area contributed by atoms with Crippen molar-refractivity contribution < 1.29 is 10.0 Å². The summed E-state index contributed by atoms with van der Waals surface area (Å²) in [5, 5.41) is 9.01. The fourth-order valence-electron chi connectivity index (χ4n) is 2.20. The fourth-order valence-corrected chi connectivity index (χ4v) is 2.44. The van der Waals surface area contributed by atoms with Crippen molar-refractivity contribution >= 4 is 29.3 Å². The summed E-state index contributed by atoms with van der Waals surface area (Å²) >= 11 is 6.20.